The second-order valence-corrected chi connectivity index (χ2v) is 5.61. The van der Waals surface area contributed by atoms with Gasteiger partial charge in [0.15, 0.2) is 0 Å². The Kier molecular flexibility index (Phi) is 6.64. The number of rotatable bonds is 7. The maximum absolute atomic E-state index is 5.70. The molecule has 1 rings (SSSR count). The van der Waals surface area contributed by atoms with Gasteiger partial charge in [-0.1, -0.05) is 0 Å². The molecule has 0 bridgehead atoms. The lowest BCUT2D eigenvalue weighted by Gasteiger charge is -2.14. The second kappa shape index (κ2) is 7.49. The maximum Gasteiger partial charge on any atom is 0.0941 e. The van der Waals surface area contributed by atoms with Gasteiger partial charge in [-0.2, -0.15) is 11.8 Å². The molecule has 0 saturated carbocycles. The molecule has 0 spiro atoms. The molecular weight excluding hydrogens is 248 g/mol. The van der Waals surface area contributed by atoms with Gasteiger partial charge in [-0.25, -0.2) is 4.98 Å². The Morgan fingerprint density at radius 1 is 1.53 bits per heavy atom. The average molecular weight is 265 g/mol. The number of likely N-dealkylation sites (N-methyl/N-ethyl adjacent to an activating group) is 1. The number of halogens is 1. The predicted molar refractivity (Wildman–Crippen MR) is 71.3 cm³/mol. The molecule has 1 aromatic rings. The molecule has 15 heavy (non-hydrogen) atoms. The molecule has 0 saturated heterocycles. The van der Waals surface area contributed by atoms with Crippen LogP contribution in [0.4, 0.5) is 0 Å². The molecule has 1 heterocycles. The van der Waals surface area contributed by atoms with E-state index in [1.54, 1.807) is 11.3 Å². The molecule has 2 nitrogen and oxygen atoms in total. The first kappa shape index (κ1) is 13.3. The quantitative estimate of drug-likeness (QED) is 0.705. The molecule has 0 aliphatic carbocycles. The van der Waals surface area contributed by atoms with E-state index in [4.69, 9.17) is 11.6 Å². The van der Waals surface area contributed by atoms with Crippen LogP contribution in [-0.4, -0.2) is 42.0 Å². The Hall–Kier alpha value is 0.230. The van der Waals surface area contributed by atoms with Crippen LogP contribution < -0.4 is 0 Å². The summed E-state index contributed by atoms with van der Waals surface area (Å²) in [5.41, 5.74) is 1.00. The molecular formula is C10H17ClN2S2. The molecule has 0 atom stereocenters. The number of nitrogens with zero attached hydrogens (tertiary/aromatic N) is 2. The van der Waals surface area contributed by atoms with Crippen molar-refractivity contribution < 1.29 is 0 Å². The van der Waals surface area contributed by atoms with Crippen molar-refractivity contribution in [3.05, 3.63) is 16.1 Å². The molecule has 5 heteroatoms. The standard InChI is InChI=1S/C10H17ClN2S2/c1-13(5-6-14-2)4-3-10-12-9(7-11)8-15-10/h8H,3-7H2,1-2H3. The van der Waals surface area contributed by atoms with Crippen molar-refractivity contribution in [1.29, 1.82) is 0 Å². The van der Waals surface area contributed by atoms with Gasteiger partial charge in [-0.15, -0.1) is 22.9 Å². The summed E-state index contributed by atoms with van der Waals surface area (Å²) in [5, 5.41) is 3.24. The Morgan fingerprint density at radius 2 is 2.33 bits per heavy atom. The lowest BCUT2D eigenvalue weighted by atomic mass is 10.4. The highest BCUT2D eigenvalue weighted by Crippen LogP contribution is 2.12. The summed E-state index contributed by atoms with van der Waals surface area (Å²) in [6.07, 6.45) is 3.17. The zero-order valence-corrected chi connectivity index (χ0v) is 11.6. The first-order chi connectivity index (χ1) is 7.26. The predicted octanol–water partition coefficient (Wildman–Crippen LogP) is 2.72. The summed E-state index contributed by atoms with van der Waals surface area (Å²) in [4.78, 5) is 6.78. The van der Waals surface area contributed by atoms with Crippen molar-refractivity contribution in [2.75, 3.05) is 32.1 Å². The average Bonchev–Trinajstić information content (AvgIpc) is 2.71. The van der Waals surface area contributed by atoms with Crippen LogP contribution in [0.5, 0.6) is 0 Å². The number of thiazole rings is 1. The molecule has 0 aromatic carbocycles. The molecule has 86 valence electrons. The summed E-state index contributed by atoms with van der Waals surface area (Å²) < 4.78 is 0. The van der Waals surface area contributed by atoms with E-state index in [2.05, 4.69) is 23.2 Å². The maximum atomic E-state index is 5.70. The van der Waals surface area contributed by atoms with E-state index in [1.807, 2.05) is 17.1 Å². The van der Waals surface area contributed by atoms with Crippen LogP contribution in [0.15, 0.2) is 5.38 Å². The number of hydrogen-bond acceptors (Lipinski definition) is 4. The fourth-order valence-corrected chi connectivity index (χ4v) is 2.68. The van der Waals surface area contributed by atoms with Gasteiger partial charge in [0.05, 0.1) is 16.6 Å². The zero-order chi connectivity index (χ0) is 11.1. The van der Waals surface area contributed by atoms with Crippen LogP contribution in [0.25, 0.3) is 0 Å². The van der Waals surface area contributed by atoms with E-state index >= 15 is 0 Å². The lowest BCUT2D eigenvalue weighted by Crippen LogP contribution is -2.23. The van der Waals surface area contributed by atoms with Gasteiger partial charge in [0.1, 0.15) is 0 Å². The largest absolute Gasteiger partial charge is 0.305 e. The number of hydrogen-bond donors (Lipinski definition) is 0. The SMILES string of the molecule is CSCCN(C)CCc1nc(CCl)cs1. The Morgan fingerprint density at radius 3 is 2.93 bits per heavy atom. The summed E-state index contributed by atoms with van der Waals surface area (Å²) in [7, 11) is 2.16. The van der Waals surface area contributed by atoms with E-state index < -0.39 is 0 Å². The summed E-state index contributed by atoms with van der Waals surface area (Å²) >= 11 is 9.30. The smallest absolute Gasteiger partial charge is 0.0941 e. The molecule has 0 aliphatic rings. The lowest BCUT2D eigenvalue weighted by molar-refractivity contribution is 0.360. The number of alkyl halides is 1. The van der Waals surface area contributed by atoms with E-state index in [-0.39, 0.29) is 0 Å². The third-order valence-corrected chi connectivity index (χ3v) is 3.94. The highest BCUT2D eigenvalue weighted by molar-refractivity contribution is 7.98. The van der Waals surface area contributed by atoms with Crippen LogP contribution in [0.1, 0.15) is 10.7 Å². The Labute approximate surface area is 105 Å². The molecule has 1 aromatic heterocycles. The summed E-state index contributed by atoms with van der Waals surface area (Å²) in [6, 6.07) is 0. The molecule has 0 N–H and O–H groups in total. The van der Waals surface area contributed by atoms with Crippen LogP contribution in [0.2, 0.25) is 0 Å². The normalized spacial score (nSPS) is 11.2. The van der Waals surface area contributed by atoms with Crippen molar-refractivity contribution in [3.63, 3.8) is 0 Å². The van der Waals surface area contributed by atoms with E-state index in [9.17, 15) is 0 Å². The molecule has 0 unspecified atom stereocenters. The van der Waals surface area contributed by atoms with Crippen molar-refractivity contribution in [2.45, 2.75) is 12.3 Å². The van der Waals surface area contributed by atoms with Gasteiger partial charge in [0.2, 0.25) is 0 Å². The first-order valence-corrected chi connectivity index (χ1v) is 7.73. The number of thioether (sulfide) groups is 1. The van der Waals surface area contributed by atoms with Crippen molar-refractivity contribution in [2.24, 2.45) is 0 Å². The molecule has 0 radical (unpaired) electrons. The zero-order valence-electron chi connectivity index (χ0n) is 9.20. The second-order valence-electron chi connectivity index (χ2n) is 3.41. The van der Waals surface area contributed by atoms with Gasteiger partial charge >= 0.3 is 0 Å². The van der Waals surface area contributed by atoms with Crippen molar-refractivity contribution >= 4 is 34.7 Å². The van der Waals surface area contributed by atoms with E-state index in [0.29, 0.717) is 5.88 Å². The fourth-order valence-electron chi connectivity index (χ4n) is 1.17. The first-order valence-electron chi connectivity index (χ1n) is 4.93. The van der Waals surface area contributed by atoms with Crippen molar-refractivity contribution in [1.82, 2.24) is 9.88 Å². The van der Waals surface area contributed by atoms with Crippen LogP contribution in [-0.2, 0) is 12.3 Å². The minimum Gasteiger partial charge on any atom is -0.305 e. The van der Waals surface area contributed by atoms with Crippen LogP contribution in [0, 0.1) is 0 Å². The van der Waals surface area contributed by atoms with Crippen LogP contribution in [0.3, 0.4) is 0 Å². The molecule has 0 aliphatic heterocycles. The van der Waals surface area contributed by atoms with E-state index in [1.165, 1.54) is 10.8 Å². The Bertz CT molecular complexity index is 278. The monoisotopic (exact) mass is 264 g/mol. The molecule has 0 amide bonds. The van der Waals surface area contributed by atoms with Gasteiger partial charge in [-0.3, -0.25) is 0 Å². The minimum atomic E-state index is 0.527. The van der Waals surface area contributed by atoms with Gasteiger partial charge in [0, 0.05) is 30.6 Å². The van der Waals surface area contributed by atoms with Crippen LogP contribution >= 0.6 is 34.7 Å². The Balaban J connectivity index is 2.24. The minimum absolute atomic E-state index is 0.527. The van der Waals surface area contributed by atoms with Gasteiger partial charge < -0.3 is 4.90 Å². The molecule has 0 fully saturated rings. The summed E-state index contributed by atoms with van der Waals surface area (Å²) in [6.45, 7) is 2.23. The van der Waals surface area contributed by atoms with Crippen molar-refractivity contribution in [3.8, 4) is 0 Å². The third-order valence-electron chi connectivity index (χ3n) is 2.12. The highest BCUT2D eigenvalue weighted by atomic mass is 35.5. The van der Waals surface area contributed by atoms with Gasteiger partial charge in [0.25, 0.3) is 0 Å². The third kappa shape index (κ3) is 5.20. The van der Waals surface area contributed by atoms with E-state index in [0.717, 1.165) is 25.2 Å². The fraction of sp³-hybridized carbons (Fsp3) is 0.700. The summed E-state index contributed by atoms with van der Waals surface area (Å²) in [5.74, 6) is 1.72. The topological polar surface area (TPSA) is 16.1 Å². The van der Waals surface area contributed by atoms with Gasteiger partial charge in [-0.05, 0) is 13.3 Å². The number of aromatic nitrogens is 1. The highest BCUT2D eigenvalue weighted by Gasteiger charge is 2.03.